The number of halogens is 1. The topological polar surface area (TPSA) is 59.0 Å². The van der Waals surface area contributed by atoms with Crippen LogP contribution in [0, 0.1) is 0 Å². The molecule has 1 aliphatic rings. The summed E-state index contributed by atoms with van der Waals surface area (Å²) in [4.78, 5) is 11.6. The number of rotatable bonds is 5. The Hall–Kier alpha value is -1.66. The second-order valence-corrected chi connectivity index (χ2v) is 6.07. The zero-order valence-electron chi connectivity index (χ0n) is 11.8. The van der Waals surface area contributed by atoms with Crippen LogP contribution in [-0.4, -0.2) is 28.8 Å². The average Bonchev–Trinajstić information content (AvgIpc) is 3.19. The van der Waals surface area contributed by atoms with Crippen molar-refractivity contribution < 1.29 is 4.79 Å². The first-order valence-corrected chi connectivity index (χ1v) is 7.76. The highest BCUT2D eigenvalue weighted by Crippen LogP contribution is 2.23. The minimum atomic E-state index is -0.179. The van der Waals surface area contributed by atoms with E-state index < -0.39 is 0 Å². The fourth-order valence-corrected chi connectivity index (χ4v) is 2.50. The quantitative estimate of drug-likeness (QED) is 0.871. The largest absolute Gasteiger partial charge is 0.354 e. The van der Waals surface area contributed by atoms with E-state index >= 15 is 0 Å². The zero-order chi connectivity index (χ0) is 14.8. The molecular formula is C15H17BrN4O. The van der Waals surface area contributed by atoms with Crippen molar-refractivity contribution in [3.05, 3.63) is 46.2 Å². The Bertz CT molecular complexity index is 663. The van der Waals surface area contributed by atoms with Crippen LogP contribution in [-0.2, 0) is 6.54 Å². The molecule has 0 bridgehead atoms. The van der Waals surface area contributed by atoms with Crippen LogP contribution in [0.25, 0.3) is 5.69 Å². The van der Waals surface area contributed by atoms with Crippen molar-refractivity contribution in [3.63, 3.8) is 0 Å². The predicted octanol–water partition coefficient (Wildman–Crippen LogP) is 2.25. The van der Waals surface area contributed by atoms with Crippen LogP contribution in [0.15, 0.2) is 34.9 Å². The average molecular weight is 349 g/mol. The third kappa shape index (κ3) is 3.33. The predicted molar refractivity (Wildman–Crippen MR) is 84.5 cm³/mol. The van der Waals surface area contributed by atoms with Crippen molar-refractivity contribution >= 4 is 21.8 Å². The number of aromatic nitrogens is 2. The summed E-state index contributed by atoms with van der Waals surface area (Å²) < 4.78 is 2.74. The highest BCUT2D eigenvalue weighted by Gasteiger charge is 2.21. The first-order chi connectivity index (χ1) is 10.2. The molecule has 1 saturated carbocycles. The molecule has 2 N–H and O–H groups in total. The van der Waals surface area contributed by atoms with E-state index in [1.165, 1.54) is 12.8 Å². The van der Waals surface area contributed by atoms with Gasteiger partial charge in [0.1, 0.15) is 0 Å². The maximum absolute atomic E-state index is 11.6. The van der Waals surface area contributed by atoms with E-state index in [9.17, 15) is 4.79 Å². The van der Waals surface area contributed by atoms with E-state index in [4.69, 9.17) is 0 Å². The minimum absolute atomic E-state index is 0.179. The monoisotopic (exact) mass is 348 g/mol. The molecule has 0 atom stereocenters. The van der Waals surface area contributed by atoms with Crippen LogP contribution in [0.1, 0.15) is 28.9 Å². The van der Waals surface area contributed by atoms with Gasteiger partial charge in [0.2, 0.25) is 0 Å². The van der Waals surface area contributed by atoms with E-state index in [0.717, 1.165) is 22.3 Å². The molecule has 1 aliphatic carbocycles. The number of nitrogens with one attached hydrogen (secondary N) is 2. The molecular weight excluding hydrogens is 332 g/mol. The van der Waals surface area contributed by atoms with E-state index in [1.807, 2.05) is 18.3 Å². The summed E-state index contributed by atoms with van der Waals surface area (Å²) in [5, 5.41) is 10.4. The highest BCUT2D eigenvalue weighted by atomic mass is 79.9. The van der Waals surface area contributed by atoms with Crippen molar-refractivity contribution in [2.45, 2.75) is 25.4 Å². The Labute approximate surface area is 131 Å². The van der Waals surface area contributed by atoms with Gasteiger partial charge in [-0.2, -0.15) is 5.10 Å². The molecule has 110 valence electrons. The van der Waals surface area contributed by atoms with E-state index in [1.54, 1.807) is 17.8 Å². The number of hydrogen-bond donors (Lipinski definition) is 2. The summed E-state index contributed by atoms with van der Waals surface area (Å²) in [7, 11) is 1.60. The lowest BCUT2D eigenvalue weighted by molar-refractivity contribution is 0.0957. The number of carbonyl (C=O) groups is 1. The van der Waals surface area contributed by atoms with Crippen molar-refractivity contribution in [2.24, 2.45) is 0 Å². The van der Waals surface area contributed by atoms with Gasteiger partial charge in [-0.15, -0.1) is 0 Å². The summed E-state index contributed by atoms with van der Waals surface area (Å²) in [5.41, 5.74) is 2.56. The van der Waals surface area contributed by atoms with Crippen molar-refractivity contribution in [2.75, 3.05) is 7.05 Å². The molecule has 2 aromatic rings. The molecule has 0 aliphatic heterocycles. The van der Waals surface area contributed by atoms with Crippen LogP contribution < -0.4 is 10.6 Å². The van der Waals surface area contributed by atoms with Gasteiger partial charge in [0, 0.05) is 30.3 Å². The summed E-state index contributed by atoms with van der Waals surface area (Å²) >= 11 is 3.49. The molecule has 0 unspecified atom stereocenters. The van der Waals surface area contributed by atoms with Crippen LogP contribution in [0.5, 0.6) is 0 Å². The fraction of sp³-hybridized carbons (Fsp3) is 0.333. The lowest BCUT2D eigenvalue weighted by atomic mass is 10.2. The van der Waals surface area contributed by atoms with E-state index in [0.29, 0.717) is 11.7 Å². The molecule has 3 rings (SSSR count). The lowest BCUT2D eigenvalue weighted by Gasteiger charge is -2.11. The Morgan fingerprint density at radius 1 is 1.43 bits per heavy atom. The normalized spacial score (nSPS) is 14.2. The fourth-order valence-electron chi connectivity index (χ4n) is 2.15. The molecule has 1 aromatic heterocycles. The first-order valence-electron chi connectivity index (χ1n) is 6.97. The third-order valence-corrected chi connectivity index (χ3v) is 3.99. The van der Waals surface area contributed by atoms with Gasteiger partial charge in [0.25, 0.3) is 5.91 Å². The maximum Gasteiger partial charge on any atom is 0.271 e. The van der Waals surface area contributed by atoms with Crippen LogP contribution in [0.2, 0.25) is 0 Å². The molecule has 1 aromatic carbocycles. The van der Waals surface area contributed by atoms with Crippen molar-refractivity contribution in [3.8, 4) is 5.69 Å². The summed E-state index contributed by atoms with van der Waals surface area (Å²) in [5.74, 6) is -0.179. The van der Waals surface area contributed by atoms with Crippen molar-refractivity contribution in [1.29, 1.82) is 0 Å². The van der Waals surface area contributed by atoms with Crippen molar-refractivity contribution in [1.82, 2.24) is 20.4 Å². The zero-order valence-corrected chi connectivity index (χ0v) is 13.4. The Morgan fingerprint density at radius 3 is 2.95 bits per heavy atom. The number of amides is 1. The van der Waals surface area contributed by atoms with Crippen LogP contribution in [0.4, 0.5) is 0 Å². The summed E-state index contributed by atoms with van der Waals surface area (Å²) in [6.07, 6.45) is 4.33. The van der Waals surface area contributed by atoms with Gasteiger partial charge < -0.3 is 10.6 Å². The number of nitrogens with zero attached hydrogens (tertiary/aromatic N) is 2. The van der Waals surface area contributed by atoms with Crippen LogP contribution in [0.3, 0.4) is 0 Å². The van der Waals surface area contributed by atoms with Gasteiger partial charge in [-0.05, 0) is 36.6 Å². The molecule has 1 fully saturated rings. The molecule has 1 heterocycles. The number of benzene rings is 1. The van der Waals surface area contributed by atoms with E-state index in [2.05, 4.69) is 37.7 Å². The maximum atomic E-state index is 11.6. The SMILES string of the molecule is CNC(=O)c1ccn(-c2cc(Br)ccc2CNC2CC2)n1. The smallest absolute Gasteiger partial charge is 0.271 e. The molecule has 21 heavy (non-hydrogen) atoms. The Balaban J connectivity index is 1.89. The Morgan fingerprint density at radius 2 is 2.24 bits per heavy atom. The number of carbonyl (C=O) groups excluding carboxylic acids is 1. The molecule has 1 amide bonds. The molecule has 0 radical (unpaired) electrons. The first kappa shape index (κ1) is 14.3. The van der Waals surface area contributed by atoms with Gasteiger partial charge in [-0.1, -0.05) is 22.0 Å². The summed E-state index contributed by atoms with van der Waals surface area (Å²) in [6, 6.07) is 8.50. The second-order valence-electron chi connectivity index (χ2n) is 5.15. The molecule has 5 nitrogen and oxygen atoms in total. The van der Waals surface area contributed by atoms with Gasteiger partial charge in [-0.3, -0.25) is 4.79 Å². The third-order valence-electron chi connectivity index (χ3n) is 3.50. The Kier molecular flexibility index (Phi) is 4.07. The van der Waals surface area contributed by atoms with E-state index in [-0.39, 0.29) is 5.91 Å². The molecule has 6 heteroatoms. The number of hydrogen-bond acceptors (Lipinski definition) is 3. The van der Waals surface area contributed by atoms with Gasteiger partial charge >= 0.3 is 0 Å². The molecule has 0 spiro atoms. The molecule has 0 saturated heterocycles. The van der Waals surface area contributed by atoms with Gasteiger partial charge in [0.15, 0.2) is 5.69 Å². The summed E-state index contributed by atoms with van der Waals surface area (Å²) in [6.45, 7) is 0.808. The minimum Gasteiger partial charge on any atom is -0.354 e. The van der Waals surface area contributed by atoms with Gasteiger partial charge in [0.05, 0.1) is 5.69 Å². The lowest BCUT2D eigenvalue weighted by Crippen LogP contribution is -2.19. The highest BCUT2D eigenvalue weighted by molar-refractivity contribution is 9.10. The standard InChI is InChI=1S/C15H17BrN4O/c1-17-15(21)13-6-7-20(19-13)14-8-11(16)3-2-10(14)9-18-12-4-5-12/h2-3,6-8,12,18H,4-5,9H2,1H3,(H,17,21). The second kappa shape index (κ2) is 5.99. The van der Waals surface area contributed by atoms with Gasteiger partial charge in [-0.25, -0.2) is 4.68 Å². The van der Waals surface area contributed by atoms with Crippen LogP contribution >= 0.6 is 15.9 Å².